The average molecular weight is 492 g/mol. The molecule has 2 saturated heterocycles. The Labute approximate surface area is 200 Å². The molecule has 0 radical (unpaired) electrons. The van der Waals surface area contributed by atoms with Crippen LogP contribution in [0.2, 0.25) is 5.02 Å². The maximum atomic E-state index is 12.8. The van der Waals surface area contributed by atoms with Crippen LogP contribution in [0.1, 0.15) is 25.7 Å². The standard InChI is InChI=1S/C24H30ClN3O4S/c1-32-22-6-4-21(5-7-22)27-14-12-20(13-15-27)26-24(29)18-10-16-28(17-11-18)33(30,31)23-8-2-19(25)3-9-23/h2-9,18,20H,10-17H2,1H3,(H,26,29). The molecule has 2 aromatic rings. The number of carbonyl (C=O) groups excluding carboxylic acids is 1. The van der Waals surface area contributed by atoms with E-state index in [0.29, 0.717) is 31.0 Å². The van der Waals surface area contributed by atoms with E-state index >= 15 is 0 Å². The lowest BCUT2D eigenvalue weighted by molar-refractivity contribution is -0.127. The van der Waals surface area contributed by atoms with E-state index in [1.807, 2.05) is 12.1 Å². The molecule has 2 aromatic carbocycles. The molecule has 0 aliphatic carbocycles. The molecule has 33 heavy (non-hydrogen) atoms. The van der Waals surface area contributed by atoms with Crippen LogP contribution in [0.25, 0.3) is 0 Å². The molecule has 4 rings (SSSR count). The summed E-state index contributed by atoms with van der Waals surface area (Å²) < 4.78 is 32.4. The second-order valence-electron chi connectivity index (χ2n) is 8.60. The number of anilines is 1. The van der Waals surface area contributed by atoms with Crippen LogP contribution < -0.4 is 15.0 Å². The van der Waals surface area contributed by atoms with Crippen LogP contribution in [0.4, 0.5) is 5.69 Å². The number of methoxy groups -OCH3 is 1. The fraction of sp³-hybridized carbons (Fsp3) is 0.458. The predicted octanol–water partition coefficient (Wildman–Crippen LogP) is 3.53. The number of nitrogens with zero attached hydrogens (tertiary/aromatic N) is 2. The van der Waals surface area contributed by atoms with Crippen LogP contribution in [-0.4, -0.2) is 58.0 Å². The molecule has 0 bridgehead atoms. The molecule has 2 fully saturated rings. The van der Waals surface area contributed by atoms with E-state index < -0.39 is 10.0 Å². The molecule has 0 aromatic heterocycles. The lowest BCUT2D eigenvalue weighted by atomic mass is 9.95. The molecule has 7 nitrogen and oxygen atoms in total. The number of hydrogen-bond donors (Lipinski definition) is 1. The summed E-state index contributed by atoms with van der Waals surface area (Å²) in [6.45, 7) is 2.46. The number of carbonyl (C=O) groups is 1. The number of halogens is 1. The number of sulfonamides is 1. The van der Waals surface area contributed by atoms with E-state index in [0.717, 1.165) is 37.4 Å². The van der Waals surface area contributed by atoms with Crippen molar-refractivity contribution in [1.29, 1.82) is 0 Å². The molecule has 2 heterocycles. The number of piperidine rings is 2. The predicted molar refractivity (Wildman–Crippen MR) is 129 cm³/mol. The van der Waals surface area contributed by atoms with Gasteiger partial charge in [0.05, 0.1) is 12.0 Å². The van der Waals surface area contributed by atoms with Gasteiger partial charge in [-0.15, -0.1) is 0 Å². The zero-order valence-electron chi connectivity index (χ0n) is 18.7. The molecule has 0 saturated carbocycles. The van der Waals surface area contributed by atoms with Gasteiger partial charge in [0.2, 0.25) is 15.9 Å². The van der Waals surface area contributed by atoms with Crippen molar-refractivity contribution in [2.24, 2.45) is 5.92 Å². The van der Waals surface area contributed by atoms with Gasteiger partial charge in [0.1, 0.15) is 5.75 Å². The average Bonchev–Trinajstić information content (AvgIpc) is 2.85. The Bertz CT molecular complexity index is 1040. The van der Waals surface area contributed by atoms with Gasteiger partial charge < -0.3 is 15.0 Å². The summed E-state index contributed by atoms with van der Waals surface area (Å²) in [6.07, 6.45) is 2.84. The molecule has 2 aliphatic heterocycles. The first-order chi connectivity index (χ1) is 15.9. The van der Waals surface area contributed by atoms with Crippen LogP contribution >= 0.6 is 11.6 Å². The molecule has 1 N–H and O–H groups in total. The zero-order chi connectivity index (χ0) is 23.4. The first kappa shape index (κ1) is 23.9. The maximum Gasteiger partial charge on any atom is 0.243 e. The van der Waals surface area contributed by atoms with E-state index in [-0.39, 0.29) is 22.8 Å². The minimum atomic E-state index is -3.56. The van der Waals surface area contributed by atoms with Crippen LogP contribution in [0.5, 0.6) is 5.75 Å². The van der Waals surface area contributed by atoms with Crippen molar-refractivity contribution in [3.05, 3.63) is 53.6 Å². The van der Waals surface area contributed by atoms with E-state index in [1.165, 1.54) is 16.4 Å². The first-order valence-electron chi connectivity index (χ1n) is 11.3. The first-order valence-corrected chi connectivity index (χ1v) is 13.1. The summed E-state index contributed by atoms with van der Waals surface area (Å²) >= 11 is 5.87. The zero-order valence-corrected chi connectivity index (χ0v) is 20.3. The second-order valence-corrected chi connectivity index (χ2v) is 11.0. The van der Waals surface area contributed by atoms with Crippen molar-refractivity contribution in [2.75, 3.05) is 38.2 Å². The Morgan fingerprint density at radius 3 is 2.12 bits per heavy atom. The molecule has 1 amide bonds. The normalized spacial score (nSPS) is 18.8. The van der Waals surface area contributed by atoms with Crippen LogP contribution in [0, 0.1) is 5.92 Å². The molecule has 178 valence electrons. The second kappa shape index (κ2) is 10.3. The fourth-order valence-corrected chi connectivity index (χ4v) is 6.10. The van der Waals surface area contributed by atoms with Gasteiger partial charge in [0.15, 0.2) is 0 Å². The van der Waals surface area contributed by atoms with Crippen molar-refractivity contribution < 1.29 is 17.9 Å². The Balaban J connectivity index is 1.24. The van der Waals surface area contributed by atoms with Gasteiger partial charge in [-0.2, -0.15) is 4.31 Å². The van der Waals surface area contributed by atoms with Gasteiger partial charge in [-0.1, -0.05) is 11.6 Å². The van der Waals surface area contributed by atoms with Gasteiger partial charge in [-0.25, -0.2) is 8.42 Å². The minimum absolute atomic E-state index is 0.0430. The number of ether oxygens (including phenoxy) is 1. The number of nitrogens with one attached hydrogen (secondary N) is 1. The Morgan fingerprint density at radius 1 is 0.939 bits per heavy atom. The van der Waals surface area contributed by atoms with Gasteiger partial charge in [-0.3, -0.25) is 4.79 Å². The van der Waals surface area contributed by atoms with E-state index in [1.54, 1.807) is 19.2 Å². The van der Waals surface area contributed by atoms with Crippen molar-refractivity contribution in [3.8, 4) is 5.75 Å². The monoisotopic (exact) mass is 491 g/mol. The summed E-state index contributed by atoms with van der Waals surface area (Å²) in [6, 6.07) is 14.4. The summed E-state index contributed by atoms with van der Waals surface area (Å²) in [5.74, 6) is 0.732. The number of rotatable bonds is 6. The highest BCUT2D eigenvalue weighted by atomic mass is 35.5. The molecule has 0 atom stereocenters. The lowest BCUT2D eigenvalue weighted by Crippen LogP contribution is -2.48. The van der Waals surface area contributed by atoms with E-state index in [9.17, 15) is 13.2 Å². The summed E-state index contributed by atoms with van der Waals surface area (Å²) in [4.78, 5) is 15.4. The maximum absolute atomic E-state index is 12.8. The molecule has 0 unspecified atom stereocenters. The number of hydrogen-bond acceptors (Lipinski definition) is 5. The Morgan fingerprint density at radius 2 is 1.55 bits per heavy atom. The third-order valence-corrected chi connectivity index (χ3v) is 8.72. The van der Waals surface area contributed by atoms with Crippen molar-refractivity contribution in [1.82, 2.24) is 9.62 Å². The van der Waals surface area contributed by atoms with Gasteiger partial charge in [-0.05, 0) is 74.2 Å². The SMILES string of the molecule is COc1ccc(N2CCC(NC(=O)C3CCN(S(=O)(=O)c4ccc(Cl)cc4)CC3)CC2)cc1. The summed E-state index contributed by atoms with van der Waals surface area (Å²) in [5.41, 5.74) is 1.16. The molecular weight excluding hydrogens is 462 g/mol. The largest absolute Gasteiger partial charge is 0.497 e. The molecular formula is C24H30ClN3O4S. The molecule has 2 aliphatic rings. The van der Waals surface area contributed by atoms with Gasteiger partial charge >= 0.3 is 0 Å². The lowest BCUT2D eigenvalue weighted by Gasteiger charge is -2.35. The highest BCUT2D eigenvalue weighted by Crippen LogP contribution is 2.26. The van der Waals surface area contributed by atoms with E-state index in [2.05, 4.69) is 22.3 Å². The van der Waals surface area contributed by atoms with Crippen LogP contribution in [-0.2, 0) is 14.8 Å². The van der Waals surface area contributed by atoms with Crippen molar-refractivity contribution in [2.45, 2.75) is 36.6 Å². The molecule has 0 spiro atoms. The highest BCUT2D eigenvalue weighted by Gasteiger charge is 2.33. The third kappa shape index (κ3) is 5.62. The third-order valence-electron chi connectivity index (χ3n) is 6.56. The highest BCUT2D eigenvalue weighted by molar-refractivity contribution is 7.89. The molecule has 9 heteroatoms. The van der Waals surface area contributed by atoms with Crippen LogP contribution in [0.3, 0.4) is 0 Å². The number of benzene rings is 2. The topological polar surface area (TPSA) is 79.0 Å². The van der Waals surface area contributed by atoms with Gasteiger partial charge in [0, 0.05) is 48.8 Å². The summed E-state index contributed by atoms with van der Waals surface area (Å²) in [5, 5.41) is 3.70. The fourth-order valence-electron chi connectivity index (χ4n) is 4.51. The van der Waals surface area contributed by atoms with E-state index in [4.69, 9.17) is 16.3 Å². The Kier molecular flexibility index (Phi) is 7.46. The quantitative estimate of drug-likeness (QED) is 0.668. The van der Waals surface area contributed by atoms with Crippen molar-refractivity contribution in [3.63, 3.8) is 0 Å². The van der Waals surface area contributed by atoms with Crippen LogP contribution in [0.15, 0.2) is 53.4 Å². The minimum Gasteiger partial charge on any atom is -0.497 e. The summed E-state index contributed by atoms with van der Waals surface area (Å²) in [7, 11) is -1.90. The Hall–Kier alpha value is -2.29. The van der Waals surface area contributed by atoms with Gasteiger partial charge in [0.25, 0.3) is 0 Å². The number of amides is 1. The van der Waals surface area contributed by atoms with Crippen molar-refractivity contribution >= 4 is 33.2 Å². The smallest absolute Gasteiger partial charge is 0.243 e.